The van der Waals surface area contributed by atoms with Gasteiger partial charge in [-0.05, 0) is 25.0 Å². The third-order valence-electron chi connectivity index (χ3n) is 2.08. The molecular weight excluding hydrogens is 182 g/mol. The van der Waals surface area contributed by atoms with Crippen molar-refractivity contribution in [3.05, 3.63) is 23.3 Å². The monoisotopic (exact) mass is 195 g/mol. The molecule has 1 rings (SSSR count). The van der Waals surface area contributed by atoms with Gasteiger partial charge in [-0.3, -0.25) is 0 Å². The minimum absolute atomic E-state index is 0.0274. The fraction of sp³-hybridized carbons (Fsp3) is 0.300. The van der Waals surface area contributed by atoms with Crippen LogP contribution >= 0.6 is 0 Å². The van der Waals surface area contributed by atoms with E-state index in [9.17, 15) is 10.2 Å². The van der Waals surface area contributed by atoms with Gasteiger partial charge in [-0.25, -0.2) is 0 Å². The summed E-state index contributed by atoms with van der Waals surface area (Å²) in [6.45, 7) is 3.53. The van der Waals surface area contributed by atoms with Crippen LogP contribution in [0, 0.1) is 6.92 Å². The smallest absolute Gasteiger partial charge is 0.128 e. The van der Waals surface area contributed by atoms with Gasteiger partial charge in [-0.2, -0.15) is 0 Å². The Hall–Kier alpha value is -1.71. The zero-order valence-electron chi connectivity index (χ0n) is 8.15. The van der Waals surface area contributed by atoms with Crippen molar-refractivity contribution in [2.24, 2.45) is 5.16 Å². The summed E-state index contributed by atoms with van der Waals surface area (Å²) < 4.78 is 0. The van der Waals surface area contributed by atoms with Gasteiger partial charge >= 0.3 is 0 Å². The molecule has 0 amide bonds. The molecular formula is C10H13NO3. The Bertz CT molecular complexity index is 372. The molecule has 0 saturated heterocycles. The van der Waals surface area contributed by atoms with Crippen molar-refractivity contribution in [3.8, 4) is 11.5 Å². The quantitative estimate of drug-likeness (QED) is 0.384. The first-order valence-electron chi connectivity index (χ1n) is 4.34. The minimum atomic E-state index is -0.0808. The molecule has 4 heteroatoms. The van der Waals surface area contributed by atoms with Gasteiger partial charge in [0.2, 0.25) is 0 Å². The van der Waals surface area contributed by atoms with Gasteiger partial charge < -0.3 is 15.4 Å². The number of nitrogens with zero attached hydrogens (tertiary/aromatic N) is 1. The highest BCUT2D eigenvalue weighted by atomic mass is 16.4. The molecule has 0 aliphatic rings. The number of oxime groups is 1. The van der Waals surface area contributed by atoms with Gasteiger partial charge in [0.1, 0.15) is 11.5 Å². The number of phenolic OH excluding ortho intramolecular Hbond substituents is 2. The molecule has 0 saturated carbocycles. The highest BCUT2D eigenvalue weighted by Gasteiger charge is 2.10. The van der Waals surface area contributed by atoms with Crippen molar-refractivity contribution >= 4 is 5.71 Å². The maximum absolute atomic E-state index is 9.50. The summed E-state index contributed by atoms with van der Waals surface area (Å²) in [5.41, 5.74) is 1.48. The fourth-order valence-electron chi connectivity index (χ4n) is 1.23. The Labute approximate surface area is 82.1 Å². The molecule has 0 spiro atoms. The number of aromatic hydroxyl groups is 2. The maximum atomic E-state index is 9.50. The second-order valence-electron chi connectivity index (χ2n) is 3.06. The summed E-state index contributed by atoms with van der Waals surface area (Å²) in [5.74, 6) is -0.0533. The first-order valence-corrected chi connectivity index (χ1v) is 4.34. The highest BCUT2D eigenvalue weighted by molar-refractivity contribution is 6.02. The van der Waals surface area contributed by atoms with E-state index in [-0.39, 0.29) is 11.5 Å². The molecule has 0 aliphatic carbocycles. The lowest BCUT2D eigenvalue weighted by molar-refractivity contribution is 0.318. The standard InChI is InChI=1S/C10H13NO3/c1-3-8(11-14)7-4-6(2)9(12)5-10(7)13/h4-5,12-14H,3H2,1-2H3/b11-8+. The van der Waals surface area contributed by atoms with Gasteiger partial charge in [0.25, 0.3) is 0 Å². The van der Waals surface area contributed by atoms with Crippen molar-refractivity contribution in [2.45, 2.75) is 20.3 Å². The van der Waals surface area contributed by atoms with Crippen LogP contribution < -0.4 is 0 Å². The maximum Gasteiger partial charge on any atom is 0.128 e. The van der Waals surface area contributed by atoms with Crippen LogP contribution in [0.4, 0.5) is 0 Å². The topological polar surface area (TPSA) is 73.1 Å². The van der Waals surface area contributed by atoms with Crippen molar-refractivity contribution < 1.29 is 15.4 Å². The lowest BCUT2D eigenvalue weighted by atomic mass is 10.0. The molecule has 0 fully saturated rings. The van der Waals surface area contributed by atoms with E-state index in [4.69, 9.17) is 5.21 Å². The lowest BCUT2D eigenvalue weighted by Crippen LogP contribution is -2.00. The molecule has 4 nitrogen and oxygen atoms in total. The lowest BCUT2D eigenvalue weighted by Gasteiger charge is -2.07. The Kier molecular flexibility index (Phi) is 2.96. The number of hydrogen-bond acceptors (Lipinski definition) is 4. The van der Waals surface area contributed by atoms with E-state index in [1.807, 2.05) is 6.92 Å². The molecule has 14 heavy (non-hydrogen) atoms. The van der Waals surface area contributed by atoms with Gasteiger partial charge in [-0.15, -0.1) is 0 Å². The number of aryl methyl sites for hydroxylation is 1. The Morgan fingerprint density at radius 2 is 1.93 bits per heavy atom. The van der Waals surface area contributed by atoms with E-state index < -0.39 is 0 Å². The average Bonchev–Trinajstić information content (AvgIpc) is 2.15. The summed E-state index contributed by atoms with van der Waals surface area (Å²) >= 11 is 0. The van der Waals surface area contributed by atoms with Crippen molar-refractivity contribution in [1.82, 2.24) is 0 Å². The van der Waals surface area contributed by atoms with Gasteiger partial charge in [-0.1, -0.05) is 12.1 Å². The minimum Gasteiger partial charge on any atom is -0.508 e. The molecule has 76 valence electrons. The highest BCUT2D eigenvalue weighted by Crippen LogP contribution is 2.27. The predicted molar refractivity (Wildman–Crippen MR) is 53.1 cm³/mol. The van der Waals surface area contributed by atoms with Crippen LogP contribution in [-0.2, 0) is 0 Å². The summed E-state index contributed by atoms with van der Waals surface area (Å²) in [6, 6.07) is 2.83. The van der Waals surface area contributed by atoms with E-state index in [0.717, 1.165) is 0 Å². The van der Waals surface area contributed by atoms with Crippen LogP contribution in [0.1, 0.15) is 24.5 Å². The van der Waals surface area contributed by atoms with Crippen LogP contribution in [-0.4, -0.2) is 21.1 Å². The summed E-state index contributed by atoms with van der Waals surface area (Å²) in [5, 5.41) is 30.5. The predicted octanol–water partition coefficient (Wildman–Crippen LogP) is 1.99. The van der Waals surface area contributed by atoms with Gasteiger partial charge in [0, 0.05) is 11.6 Å². The largest absolute Gasteiger partial charge is 0.508 e. The molecule has 0 radical (unpaired) electrons. The zero-order valence-corrected chi connectivity index (χ0v) is 8.15. The molecule has 0 aromatic heterocycles. The number of phenols is 2. The zero-order chi connectivity index (χ0) is 10.7. The van der Waals surface area contributed by atoms with Crippen LogP contribution in [0.3, 0.4) is 0 Å². The molecule has 1 aromatic carbocycles. The molecule has 0 unspecified atom stereocenters. The Morgan fingerprint density at radius 1 is 1.29 bits per heavy atom. The van der Waals surface area contributed by atoms with E-state index in [1.54, 1.807) is 13.0 Å². The van der Waals surface area contributed by atoms with Crippen molar-refractivity contribution in [2.75, 3.05) is 0 Å². The molecule has 0 aliphatic heterocycles. The van der Waals surface area contributed by atoms with Gasteiger partial charge in [0.15, 0.2) is 0 Å². The second-order valence-corrected chi connectivity index (χ2v) is 3.06. The molecule has 0 atom stereocenters. The van der Waals surface area contributed by atoms with Crippen LogP contribution in [0.25, 0.3) is 0 Å². The first-order chi connectivity index (χ1) is 6.60. The van der Waals surface area contributed by atoms with E-state index in [1.165, 1.54) is 6.07 Å². The van der Waals surface area contributed by atoms with Crippen LogP contribution in [0.2, 0.25) is 0 Å². The number of rotatable bonds is 2. The molecule has 1 aromatic rings. The molecule has 0 heterocycles. The normalized spacial score (nSPS) is 11.7. The van der Waals surface area contributed by atoms with E-state index in [2.05, 4.69) is 5.16 Å². The van der Waals surface area contributed by atoms with E-state index >= 15 is 0 Å². The molecule has 0 bridgehead atoms. The first kappa shape index (κ1) is 10.4. The van der Waals surface area contributed by atoms with Crippen molar-refractivity contribution in [3.63, 3.8) is 0 Å². The third kappa shape index (κ3) is 1.79. The summed E-state index contributed by atoms with van der Waals surface area (Å²) in [7, 11) is 0. The Morgan fingerprint density at radius 3 is 2.43 bits per heavy atom. The van der Waals surface area contributed by atoms with Crippen LogP contribution in [0.5, 0.6) is 11.5 Å². The third-order valence-corrected chi connectivity index (χ3v) is 2.08. The number of benzene rings is 1. The number of hydrogen-bond donors (Lipinski definition) is 3. The second kappa shape index (κ2) is 4.00. The Balaban J connectivity index is 3.28. The SMILES string of the molecule is CC/C(=N\O)c1cc(C)c(O)cc1O. The van der Waals surface area contributed by atoms with Gasteiger partial charge in [0.05, 0.1) is 5.71 Å². The summed E-state index contributed by atoms with van der Waals surface area (Å²) in [6.07, 6.45) is 0.508. The molecule has 3 N–H and O–H groups in total. The fourth-order valence-corrected chi connectivity index (χ4v) is 1.23. The average molecular weight is 195 g/mol. The summed E-state index contributed by atoms with van der Waals surface area (Å²) in [4.78, 5) is 0. The van der Waals surface area contributed by atoms with E-state index in [0.29, 0.717) is 23.3 Å². The van der Waals surface area contributed by atoms with Crippen LogP contribution in [0.15, 0.2) is 17.3 Å². The van der Waals surface area contributed by atoms with Crippen molar-refractivity contribution in [1.29, 1.82) is 0 Å².